The van der Waals surface area contributed by atoms with Crippen molar-refractivity contribution in [3.8, 4) is 5.69 Å². The zero-order chi connectivity index (χ0) is 21.0. The number of aromatic nitrogens is 5. The summed E-state index contributed by atoms with van der Waals surface area (Å²) in [7, 11) is 0. The Balaban J connectivity index is 0.000000205. The molecule has 0 saturated heterocycles. The van der Waals surface area contributed by atoms with Crippen LogP contribution in [0.3, 0.4) is 0 Å². The summed E-state index contributed by atoms with van der Waals surface area (Å²) in [6, 6.07) is 15.7. The average molecular weight is 436 g/mol. The number of anilines is 1. The molecule has 9 heteroatoms. The van der Waals surface area contributed by atoms with Gasteiger partial charge < -0.3 is 19.7 Å². The fourth-order valence-electron chi connectivity index (χ4n) is 3.86. The Morgan fingerprint density at radius 3 is 2.69 bits per heavy atom. The summed E-state index contributed by atoms with van der Waals surface area (Å²) >= 11 is 0. The van der Waals surface area contributed by atoms with E-state index in [9.17, 15) is 4.79 Å². The van der Waals surface area contributed by atoms with Crippen molar-refractivity contribution >= 4 is 28.1 Å². The zero-order valence-electron chi connectivity index (χ0n) is 17.8. The van der Waals surface area contributed by atoms with E-state index in [0.717, 1.165) is 28.1 Å². The Morgan fingerprint density at radius 2 is 1.91 bits per heavy atom. The van der Waals surface area contributed by atoms with Crippen LogP contribution >= 0.6 is 0 Å². The molecule has 4 heterocycles. The van der Waals surface area contributed by atoms with Gasteiger partial charge in [0.05, 0.1) is 28.6 Å². The number of oxazole rings is 1. The van der Waals surface area contributed by atoms with Gasteiger partial charge in [-0.05, 0) is 42.6 Å². The van der Waals surface area contributed by atoms with Crippen molar-refractivity contribution in [3.05, 3.63) is 77.8 Å². The number of fused-ring (bicyclic) bond motifs is 2. The van der Waals surface area contributed by atoms with Crippen LogP contribution in [0.1, 0.15) is 25.7 Å². The molecule has 5 aromatic rings. The van der Waals surface area contributed by atoms with E-state index in [4.69, 9.17) is 4.42 Å². The molecule has 0 bridgehead atoms. The molecule has 0 amide bonds. The third-order valence-electron chi connectivity index (χ3n) is 5.36. The van der Waals surface area contributed by atoms with Crippen molar-refractivity contribution in [3.63, 3.8) is 0 Å². The molecule has 4 aromatic heterocycles. The van der Waals surface area contributed by atoms with Gasteiger partial charge in [0.25, 0.3) is 0 Å². The van der Waals surface area contributed by atoms with Gasteiger partial charge in [-0.15, -0.1) is 0 Å². The first-order chi connectivity index (χ1) is 15.3. The van der Waals surface area contributed by atoms with E-state index >= 15 is 0 Å². The smallest absolute Gasteiger partial charge is 0.557 e. The van der Waals surface area contributed by atoms with Gasteiger partial charge in [0, 0.05) is 12.2 Å². The standard InChI is InChI=1S/C17H18N4O.C6H3N2O.Na/c22-17-20-14-7-3-4-8-15(14)21(17)13-9-10-16(18-11-13)19-12-5-1-2-6-12;1-2-5-6(7-3-1)9-4-8-5;/h3-4,7-12H,1-2,5-6H2,(H,18,19)(H,20,22);1-3H;/q;-1;+1. The number of pyridine rings is 2. The van der Waals surface area contributed by atoms with Crippen LogP contribution in [0.25, 0.3) is 28.0 Å². The maximum absolute atomic E-state index is 12.2. The van der Waals surface area contributed by atoms with Crippen LogP contribution in [0.5, 0.6) is 0 Å². The van der Waals surface area contributed by atoms with Gasteiger partial charge in [0.2, 0.25) is 0 Å². The van der Waals surface area contributed by atoms with E-state index in [1.165, 1.54) is 25.7 Å². The number of aromatic amines is 1. The van der Waals surface area contributed by atoms with Crippen molar-refractivity contribution in [1.82, 2.24) is 24.5 Å². The minimum atomic E-state index is -0.139. The summed E-state index contributed by atoms with van der Waals surface area (Å²) in [4.78, 5) is 27.1. The molecule has 1 aromatic carbocycles. The molecule has 156 valence electrons. The minimum absolute atomic E-state index is 0. The second kappa shape index (κ2) is 10.1. The fourth-order valence-corrected chi connectivity index (χ4v) is 3.86. The molecule has 0 unspecified atom stereocenters. The van der Waals surface area contributed by atoms with E-state index < -0.39 is 0 Å². The minimum Gasteiger partial charge on any atom is -0.557 e. The molecule has 6 rings (SSSR count). The molecule has 0 aliphatic heterocycles. The molecular formula is C23H21N6NaO2. The van der Waals surface area contributed by atoms with Crippen molar-refractivity contribution in [2.75, 3.05) is 5.32 Å². The summed E-state index contributed by atoms with van der Waals surface area (Å²) in [6.07, 6.45) is 10.8. The molecule has 0 radical (unpaired) electrons. The van der Waals surface area contributed by atoms with Crippen LogP contribution in [-0.4, -0.2) is 30.5 Å². The Kier molecular flexibility index (Phi) is 7.04. The first kappa shape index (κ1) is 22.3. The SMILES string of the molecule is O=c1[nH]c2ccccc2n1-c1ccc(NC2CCCC2)nc1.[Na+].[c-]1nc2cccnc2o1. The topological polar surface area (TPSA) is 102 Å². The number of hydrogen-bond donors (Lipinski definition) is 2. The average Bonchev–Trinajstić information content (AvgIpc) is 3.54. The number of hydrogen-bond acceptors (Lipinski definition) is 6. The summed E-state index contributed by atoms with van der Waals surface area (Å²) < 4.78 is 6.43. The van der Waals surface area contributed by atoms with Crippen LogP contribution in [0.4, 0.5) is 5.82 Å². The monoisotopic (exact) mass is 436 g/mol. The number of imidazole rings is 1. The van der Waals surface area contributed by atoms with Gasteiger partial charge in [0.15, 0.2) is 0 Å². The molecule has 1 aliphatic carbocycles. The number of para-hydroxylation sites is 2. The normalized spacial score (nSPS) is 13.5. The third-order valence-corrected chi connectivity index (χ3v) is 5.36. The Morgan fingerprint density at radius 1 is 1.06 bits per heavy atom. The maximum atomic E-state index is 12.2. The van der Waals surface area contributed by atoms with Crippen LogP contribution in [-0.2, 0) is 0 Å². The molecule has 32 heavy (non-hydrogen) atoms. The zero-order valence-corrected chi connectivity index (χ0v) is 19.8. The first-order valence-electron chi connectivity index (χ1n) is 10.3. The first-order valence-corrected chi connectivity index (χ1v) is 10.3. The summed E-state index contributed by atoms with van der Waals surface area (Å²) in [6.45, 7) is 0. The van der Waals surface area contributed by atoms with Gasteiger partial charge >= 0.3 is 35.2 Å². The molecule has 0 atom stereocenters. The number of H-pyrrole nitrogens is 1. The predicted octanol–water partition coefficient (Wildman–Crippen LogP) is 1.10. The van der Waals surface area contributed by atoms with Crippen molar-refractivity contribution < 1.29 is 34.0 Å². The summed E-state index contributed by atoms with van der Waals surface area (Å²) in [5, 5.41) is 3.46. The molecule has 1 fully saturated rings. The second-order valence-electron chi connectivity index (χ2n) is 7.44. The molecular weight excluding hydrogens is 415 g/mol. The molecule has 0 spiro atoms. The van der Waals surface area contributed by atoms with E-state index in [-0.39, 0.29) is 35.2 Å². The van der Waals surface area contributed by atoms with Gasteiger partial charge in [-0.1, -0.05) is 37.1 Å². The number of rotatable bonds is 3. The van der Waals surface area contributed by atoms with Crippen LogP contribution in [0.2, 0.25) is 0 Å². The summed E-state index contributed by atoms with van der Waals surface area (Å²) in [5.41, 5.74) is 3.63. The third kappa shape index (κ3) is 4.77. The van der Waals surface area contributed by atoms with Crippen LogP contribution in [0.15, 0.2) is 70.1 Å². The Labute approximate surface area is 206 Å². The molecule has 8 nitrogen and oxygen atoms in total. The van der Waals surface area contributed by atoms with Crippen molar-refractivity contribution in [1.29, 1.82) is 0 Å². The van der Waals surface area contributed by atoms with Gasteiger partial charge in [0.1, 0.15) is 12.2 Å². The molecule has 1 aliphatic rings. The van der Waals surface area contributed by atoms with Crippen molar-refractivity contribution in [2.45, 2.75) is 31.7 Å². The fraction of sp³-hybridized carbons (Fsp3) is 0.217. The Hall–Kier alpha value is -2.94. The Bertz CT molecular complexity index is 1320. The maximum Gasteiger partial charge on any atom is 1.00 e. The number of nitrogens with zero attached hydrogens (tertiary/aromatic N) is 4. The number of benzene rings is 1. The van der Waals surface area contributed by atoms with Crippen LogP contribution < -0.4 is 40.6 Å². The second-order valence-corrected chi connectivity index (χ2v) is 7.44. The molecule has 1 saturated carbocycles. The largest absolute Gasteiger partial charge is 1.00 e. The van der Waals surface area contributed by atoms with E-state index in [1.54, 1.807) is 23.0 Å². The van der Waals surface area contributed by atoms with E-state index in [2.05, 4.69) is 31.6 Å². The van der Waals surface area contributed by atoms with Gasteiger partial charge in [-0.3, -0.25) is 9.55 Å². The predicted molar refractivity (Wildman–Crippen MR) is 118 cm³/mol. The van der Waals surface area contributed by atoms with Gasteiger partial charge in [-0.2, -0.15) is 0 Å². The van der Waals surface area contributed by atoms with E-state index in [0.29, 0.717) is 11.8 Å². The summed E-state index contributed by atoms with van der Waals surface area (Å²) in [5.74, 6) is 0.878. The number of nitrogens with one attached hydrogen (secondary N) is 2. The molecule has 2 N–H and O–H groups in total. The van der Waals surface area contributed by atoms with Crippen molar-refractivity contribution in [2.24, 2.45) is 0 Å². The van der Waals surface area contributed by atoms with E-state index in [1.807, 2.05) is 42.5 Å². The van der Waals surface area contributed by atoms with Gasteiger partial charge in [-0.25, -0.2) is 9.78 Å². The quantitative estimate of drug-likeness (QED) is 0.324. The van der Waals surface area contributed by atoms with Crippen LogP contribution in [0, 0.1) is 6.39 Å².